The standard InChI is InChI=1S/C12H14ClFO2/c13-7-3-1-2-4-11(15)9-5-6-12(16)10(14)8-9/h5-6,8,16H,1-4,7H2. The number of Topliss-reactive ketones (excluding diaryl/α,β-unsaturated/α-hetero) is 1. The van der Waals surface area contributed by atoms with E-state index in [-0.39, 0.29) is 5.78 Å². The largest absolute Gasteiger partial charge is 0.505 e. The molecule has 0 amide bonds. The Kier molecular flexibility index (Phi) is 5.26. The van der Waals surface area contributed by atoms with E-state index in [0.29, 0.717) is 17.9 Å². The third-order valence-corrected chi connectivity index (χ3v) is 2.57. The first-order valence-corrected chi connectivity index (χ1v) is 5.76. The van der Waals surface area contributed by atoms with Crippen molar-refractivity contribution >= 4 is 17.4 Å². The molecule has 0 saturated carbocycles. The summed E-state index contributed by atoms with van der Waals surface area (Å²) in [6, 6.07) is 3.70. The molecule has 88 valence electrons. The van der Waals surface area contributed by atoms with Crippen LogP contribution in [0.5, 0.6) is 5.75 Å². The van der Waals surface area contributed by atoms with E-state index in [9.17, 15) is 9.18 Å². The van der Waals surface area contributed by atoms with Crippen molar-refractivity contribution in [2.45, 2.75) is 25.7 Å². The third-order valence-electron chi connectivity index (χ3n) is 2.31. The van der Waals surface area contributed by atoms with Gasteiger partial charge in [-0.25, -0.2) is 4.39 Å². The maximum atomic E-state index is 13.0. The summed E-state index contributed by atoms with van der Waals surface area (Å²) in [6.07, 6.45) is 2.93. The predicted octanol–water partition coefficient (Wildman–Crippen LogP) is 3.51. The smallest absolute Gasteiger partial charge is 0.165 e. The minimum absolute atomic E-state index is 0.103. The van der Waals surface area contributed by atoms with E-state index in [1.807, 2.05) is 0 Å². The molecule has 0 aliphatic rings. The van der Waals surface area contributed by atoms with Crippen LogP contribution in [0.3, 0.4) is 0 Å². The highest BCUT2D eigenvalue weighted by molar-refractivity contribution is 6.17. The quantitative estimate of drug-likeness (QED) is 0.472. The normalized spacial score (nSPS) is 10.4. The van der Waals surface area contributed by atoms with Crippen molar-refractivity contribution in [1.29, 1.82) is 0 Å². The second kappa shape index (κ2) is 6.48. The Morgan fingerprint density at radius 3 is 2.69 bits per heavy atom. The summed E-state index contributed by atoms with van der Waals surface area (Å²) in [5.74, 6) is -0.694. The second-order valence-electron chi connectivity index (χ2n) is 3.59. The zero-order chi connectivity index (χ0) is 12.0. The lowest BCUT2D eigenvalue weighted by Crippen LogP contribution is -1.99. The summed E-state index contributed by atoms with van der Waals surface area (Å²) in [7, 11) is 0. The molecule has 0 bridgehead atoms. The number of phenolic OH excluding ortho intramolecular Hbond substituents is 1. The second-order valence-corrected chi connectivity index (χ2v) is 3.97. The molecule has 0 atom stereocenters. The van der Waals surface area contributed by atoms with Crippen LogP contribution in [0.2, 0.25) is 0 Å². The number of aromatic hydroxyl groups is 1. The van der Waals surface area contributed by atoms with Gasteiger partial charge in [0.2, 0.25) is 0 Å². The fourth-order valence-corrected chi connectivity index (χ4v) is 1.57. The third kappa shape index (κ3) is 3.81. The van der Waals surface area contributed by atoms with Gasteiger partial charge in [-0.2, -0.15) is 0 Å². The van der Waals surface area contributed by atoms with Crippen molar-refractivity contribution in [3.8, 4) is 5.75 Å². The monoisotopic (exact) mass is 244 g/mol. The Morgan fingerprint density at radius 2 is 2.06 bits per heavy atom. The summed E-state index contributed by atoms with van der Waals surface area (Å²) < 4.78 is 13.0. The molecule has 16 heavy (non-hydrogen) atoms. The molecule has 1 rings (SSSR count). The summed E-state index contributed by atoms with van der Waals surface area (Å²) in [5, 5.41) is 8.97. The first-order chi connectivity index (χ1) is 7.65. The highest BCUT2D eigenvalue weighted by Crippen LogP contribution is 2.17. The van der Waals surface area contributed by atoms with Crippen LogP contribution in [0, 0.1) is 5.82 Å². The Labute approximate surface area is 99.0 Å². The maximum absolute atomic E-state index is 13.0. The lowest BCUT2D eigenvalue weighted by Gasteiger charge is -2.02. The van der Waals surface area contributed by atoms with Crippen LogP contribution in [-0.4, -0.2) is 16.8 Å². The minimum Gasteiger partial charge on any atom is -0.505 e. The molecule has 0 aliphatic carbocycles. The van der Waals surface area contributed by atoms with E-state index in [0.717, 1.165) is 25.3 Å². The van der Waals surface area contributed by atoms with Crippen molar-refractivity contribution in [3.63, 3.8) is 0 Å². The van der Waals surface area contributed by atoms with Crippen LogP contribution in [0.4, 0.5) is 4.39 Å². The Balaban J connectivity index is 2.50. The number of unbranched alkanes of at least 4 members (excludes halogenated alkanes) is 2. The van der Waals surface area contributed by atoms with Crippen LogP contribution in [0.15, 0.2) is 18.2 Å². The molecule has 4 heteroatoms. The number of rotatable bonds is 6. The summed E-state index contributed by atoms with van der Waals surface area (Å²) in [4.78, 5) is 11.6. The number of hydrogen-bond acceptors (Lipinski definition) is 2. The number of benzene rings is 1. The molecule has 0 radical (unpaired) electrons. The van der Waals surface area contributed by atoms with Gasteiger partial charge in [0, 0.05) is 17.9 Å². The highest BCUT2D eigenvalue weighted by atomic mass is 35.5. The van der Waals surface area contributed by atoms with Crippen molar-refractivity contribution in [3.05, 3.63) is 29.6 Å². The zero-order valence-corrected chi connectivity index (χ0v) is 9.63. The van der Waals surface area contributed by atoms with E-state index in [1.165, 1.54) is 12.1 Å². The number of phenols is 1. The Morgan fingerprint density at radius 1 is 1.31 bits per heavy atom. The lowest BCUT2D eigenvalue weighted by molar-refractivity contribution is 0.0979. The molecule has 2 nitrogen and oxygen atoms in total. The van der Waals surface area contributed by atoms with Gasteiger partial charge in [-0.15, -0.1) is 11.6 Å². The number of ketones is 1. The molecular weight excluding hydrogens is 231 g/mol. The SMILES string of the molecule is O=C(CCCCCCl)c1ccc(O)c(F)c1. The van der Waals surface area contributed by atoms with Gasteiger partial charge in [0.15, 0.2) is 17.3 Å². The van der Waals surface area contributed by atoms with Gasteiger partial charge in [0.1, 0.15) is 0 Å². The number of hydrogen-bond donors (Lipinski definition) is 1. The van der Waals surface area contributed by atoms with Gasteiger partial charge in [-0.05, 0) is 31.0 Å². The van der Waals surface area contributed by atoms with Crippen molar-refractivity contribution in [2.24, 2.45) is 0 Å². The Hall–Kier alpha value is -1.09. The van der Waals surface area contributed by atoms with Gasteiger partial charge >= 0.3 is 0 Å². The number of alkyl halides is 1. The van der Waals surface area contributed by atoms with Gasteiger partial charge in [0.05, 0.1) is 0 Å². The molecule has 0 aromatic heterocycles. The average molecular weight is 245 g/mol. The Bertz CT molecular complexity index is 366. The molecule has 1 N–H and O–H groups in total. The van der Waals surface area contributed by atoms with Crippen LogP contribution in [0.1, 0.15) is 36.0 Å². The van der Waals surface area contributed by atoms with E-state index in [1.54, 1.807) is 0 Å². The summed E-state index contributed by atoms with van der Waals surface area (Å²) >= 11 is 5.51. The van der Waals surface area contributed by atoms with Crippen LogP contribution in [0.25, 0.3) is 0 Å². The topological polar surface area (TPSA) is 37.3 Å². The summed E-state index contributed by atoms with van der Waals surface area (Å²) in [5.41, 5.74) is 0.307. The molecule has 0 heterocycles. The van der Waals surface area contributed by atoms with Crippen molar-refractivity contribution in [2.75, 3.05) is 5.88 Å². The van der Waals surface area contributed by atoms with Gasteiger partial charge in [0.25, 0.3) is 0 Å². The predicted molar refractivity (Wildman–Crippen MR) is 61.6 cm³/mol. The fourth-order valence-electron chi connectivity index (χ4n) is 1.38. The van der Waals surface area contributed by atoms with Gasteiger partial charge in [-0.1, -0.05) is 6.42 Å². The summed E-state index contributed by atoms with van der Waals surface area (Å²) in [6.45, 7) is 0. The van der Waals surface area contributed by atoms with Crippen LogP contribution >= 0.6 is 11.6 Å². The fraction of sp³-hybridized carbons (Fsp3) is 0.417. The number of halogens is 2. The van der Waals surface area contributed by atoms with Crippen LogP contribution < -0.4 is 0 Å². The molecule has 1 aromatic carbocycles. The van der Waals surface area contributed by atoms with Crippen molar-refractivity contribution < 1.29 is 14.3 Å². The van der Waals surface area contributed by atoms with E-state index < -0.39 is 11.6 Å². The number of carbonyl (C=O) groups excluding carboxylic acids is 1. The van der Waals surface area contributed by atoms with Crippen LogP contribution in [-0.2, 0) is 0 Å². The zero-order valence-electron chi connectivity index (χ0n) is 8.88. The molecule has 0 aliphatic heterocycles. The molecule has 1 aromatic rings. The first kappa shape index (κ1) is 13.0. The minimum atomic E-state index is -0.758. The average Bonchev–Trinajstić information content (AvgIpc) is 2.28. The van der Waals surface area contributed by atoms with Gasteiger partial charge in [-0.3, -0.25) is 4.79 Å². The lowest BCUT2D eigenvalue weighted by atomic mass is 10.0. The molecule has 0 unspecified atom stereocenters. The molecule has 0 spiro atoms. The first-order valence-electron chi connectivity index (χ1n) is 5.23. The maximum Gasteiger partial charge on any atom is 0.165 e. The molecule has 0 saturated heterocycles. The molecule has 0 fully saturated rings. The number of carbonyl (C=O) groups is 1. The van der Waals surface area contributed by atoms with Gasteiger partial charge < -0.3 is 5.11 Å². The molecular formula is C12H14ClFO2. The van der Waals surface area contributed by atoms with E-state index >= 15 is 0 Å². The van der Waals surface area contributed by atoms with E-state index in [2.05, 4.69) is 0 Å². The van der Waals surface area contributed by atoms with Crippen molar-refractivity contribution in [1.82, 2.24) is 0 Å². The van der Waals surface area contributed by atoms with E-state index in [4.69, 9.17) is 16.7 Å². The highest BCUT2D eigenvalue weighted by Gasteiger charge is 2.08.